The summed E-state index contributed by atoms with van der Waals surface area (Å²) < 4.78 is 0. The van der Waals surface area contributed by atoms with Gasteiger partial charge in [0, 0.05) is 12.5 Å². The zero-order valence-electron chi connectivity index (χ0n) is 13.2. The summed E-state index contributed by atoms with van der Waals surface area (Å²) in [6, 6.07) is 12.1. The topological polar surface area (TPSA) is 84.0 Å². The molecule has 0 amide bonds. The minimum atomic E-state index is -0.715. The lowest BCUT2D eigenvalue weighted by Crippen LogP contribution is -2.14. The number of rotatable bonds is 5. The van der Waals surface area contributed by atoms with Crippen LogP contribution in [0.4, 0.5) is 5.69 Å². The van der Waals surface area contributed by atoms with Crippen LogP contribution in [0.5, 0.6) is 0 Å². The smallest absolute Gasteiger partial charge is 0.288 e. The molecular formula is C18H15ClN2O3. The molecule has 2 aromatic rings. The van der Waals surface area contributed by atoms with Crippen molar-refractivity contribution in [1.29, 1.82) is 5.26 Å². The summed E-state index contributed by atoms with van der Waals surface area (Å²) in [5, 5.41) is 20.5. The van der Waals surface area contributed by atoms with Gasteiger partial charge < -0.3 is 4.79 Å². The molecule has 0 aliphatic heterocycles. The molecule has 0 heterocycles. The molecule has 0 saturated carbocycles. The first-order chi connectivity index (χ1) is 11.3. The second-order valence-corrected chi connectivity index (χ2v) is 6.31. The largest absolute Gasteiger partial charge is 0.303 e. The maximum absolute atomic E-state index is 11.1. The van der Waals surface area contributed by atoms with Gasteiger partial charge >= 0.3 is 0 Å². The second kappa shape index (κ2) is 6.81. The van der Waals surface area contributed by atoms with Crippen molar-refractivity contribution in [3.05, 3.63) is 62.7 Å². The Morgan fingerprint density at radius 1 is 1.29 bits per heavy atom. The number of hydrogen-bond donors (Lipinski definition) is 0. The molecule has 0 radical (unpaired) electrons. The molecular weight excluding hydrogens is 328 g/mol. The first-order valence-corrected chi connectivity index (χ1v) is 7.60. The molecule has 2 rings (SSSR count). The van der Waals surface area contributed by atoms with Crippen LogP contribution in [0.15, 0.2) is 36.4 Å². The quantitative estimate of drug-likeness (QED) is 0.456. The molecule has 0 aliphatic carbocycles. The van der Waals surface area contributed by atoms with Crippen molar-refractivity contribution >= 4 is 23.6 Å². The van der Waals surface area contributed by atoms with E-state index in [4.69, 9.17) is 11.6 Å². The Balaban J connectivity index is 2.69. The second-order valence-electron chi connectivity index (χ2n) is 5.90. The summed E-state index contributed by atoms with van der Waals surface area (Å²) in [6.45, 7) is 3.58. The summed E-state index contributed by atoms with van der Waals surface area (Å²) in [4.78, 5) is 21.5. The molecule has 0 atom stereocenters. The maximum Gasteiger partial charge on any atom is 0.288 e. The van der Waals surface area contributed by atoms with Crippen LogP contribution in [0, 0.1) is 21.4 Å². The van der Waals surface area contributed by atoms with Crippen LogP contribution in [-0.2, 0) is 16.6 Å². The van der Waals surface area contributed by atoms with Gasteiger partial charge in [0.25, 0.3) is 5.69 Å². The first-order valence-electron chi connectivity index (χ1n) is 7.22. The number of carbonyl (C=O) groups is 1. The van der Waals surface area contributed by atoms with Crippen molar-refractivity contribution in [1.82, 2.24) is 0 Å². The summed E-state index contributed by atoms with van der Waals surface area (Å²) >= 11 is 5.87. The van der Waals surface area contributed by atoms with Crippen LogP contribution in [-0.4, -0.2) is 11.2 Å². The van der Waals surface area contributed by atoms with Crippen LogP contribution < -0.4 is 0 Å². The monoisotopic (exact) mass is 342 g/mol. The van der Waals surface area contributed by atoms with Crippen LogP contribution >= 0.6 is 11.6 Å². The third kappa shape index (κ3) is 3.44. The average molecular weight is 343 g/mol. The Kier molecular flexibility index (Phi) is 5.01. The molecule has 122 valence electrons. The van der Waals surface area contributed by atoms with Gasteiger partial charge in [0.2, 0.25) is 0 Å². The van der Waals surface area contributed by atoms with Gasteiger partial charge in [-0.1, -0.05) is 29.8 Å². The lowest BCUT2D eigenvalue weighted by atomic mass is 9.83. The third-order valence-electron chi connectivity index (χ3n) is 3.87. The first kappa shape index (κ1) is 17.6. The van der Waals surface area contributed by atoms with Crippen molar-refractivity contribution in [3.8, 4) is 17.2 Å². The molecule has 0 aliphatic rings. The van der Waals surface area contributed by atoms with Crippen molar-refractivity contribution in [2.75, 3.05) is 0 Å². The number of nitriles is 1. The number of halogens is 1. The molecule has 2 aromatic carbocycles. The minimum Gasteiger partial charge on any atom is -0.303 e. The van der Waals surface area contributed by atoms with E-state index in [1.165, 1.54) is 12.1 Å². The highest BCUT2D eigenvalue weighted by atomic mass is 35.5. The number of hydrogen-bond acceptors (Lipinski definition) is 4. The normalized spacial score (nSPS) is 10.9. The van der Waals surface area contributed by atoms with Gasteiger partial charge in [0.05, 0.1) is 16.4 Å². The molecule has 0 bridgehead atoms. The molecule has 0 fully saturated rings. The Morgan fingerprint density at radius 3 is 2.58 bits per heavy atom. The predicted molar refractivity (Wildman–Crippen MR) is 91.9 cm³/mol. The van der Waals surface area contributed by atoms with E-state index >= 15 is 0 Å². The van der Waals surface area contributed by atoms with E-state index in [2.05, 4.69) is 6.07 Å². The Hall–Kier alpha value is -2.71. The summed E-state index contributed by atoms with van der Waals surface area (Å²) in [5.74, 6) is 0. The number of nitro groups is 1. The van der Waals surface area contributed by atoms with Crippen molar-refractivity contribution in [3.63, 3.8) is 0 Å². The number of benzene rings is 2. The van der Waals surface area contributed by atoms with Crippen molar-refractivity contribution in [2.45, 2.75) is 25.7 Å². The van der Waals surface area contributed by atoms with Crippen molar-refractivity contribution < 1.29 is 9.72 Å². The summed E-state index contributed by atoms with van der Waals surface area (Å²) in [7, 11) is 0. The van der Waals surface area contributed by atoms with Gasteiger partial charge in [-0.25, -0.2) is 0 Å². The fourth-order valence-corrected chi connectivity index (χ4v) is 2.57. The van der Waals surface area contributed by atoms with E-state index in [0.29, 0.717) is 11.1 Å². The Morgan fingerprint density at radius 2 is 2.00 bits per heavy atom. The fraction of sp³-hybridized carbons (Fsp3) is 0.222. The van der Waals surface area contributed by atoms with Gasteiger partial charge in [-0.2, -0.15) is 5.26 Å². The van der Waals surface area contributed by atoms with Crippen LogP contribution in [0.2, 0.25) is 5.02 Å². The molecule has 0 N–H and O–H groups in total. The van der Waals surface area contributed by atoms with Crippen LogP contribution in [0.1, 0.15) is 25.0 Å². The van der Waals surface area contributed by atoms with Gasteiger partial charge in [-0.05, 0) is 48.2 Å². The van der Waals surface area contributed by atoms with Gasteiger partial charge in [-0.15, -0.1) is 0 Å². The van der Waals surface area contributed by atoms with E-state index in [1.54, 1.807) is 38.1 Å². The zero-order chi connectivity index (χ0) is 17.9. The highest BCUT2D eigenvalue weighted by molar-refractivity contribution is 6.32. The Labute approximate surface area is 144 Å². The van der Waals surface area contributed by atoms with E-state index in [-0.39, 0.29) is 17.1 Å². The van der Waals surface area contributed by atoms with Gasteiger partial charge in [0.1, 0.15) is 11.3 Å². The highest BCUT2D eigenvalue weighted by Gasteiger charge is 2.22. The number of carbonyl (C=O) groups excluding carboxylic acids is 1. The predicted octanol–water partition coefficient (Wildman–Crippen LogP) is 4.46. The third-order valence-corrected chi connectivity index (χ3v) is 4.19. The molecule has 0 aromatic heterocycles. The molecule has 0 spiro atoms. The van der Waals surface area contributed by atoms with Gasteiger partial charge in [0.15, 0.2) is 0 Å². The fourth-order valence-electron chi connectivity index (χ4n) is 2.39. The Bertz CT molecular complexity index is 854. The van der Waals surface area contributed by atoms with E-state index in [1.807, 2.05) is 0 Å². The average Bonchev–Trinajstić information content (AvgIpc) is 2.55. The van der Waals surface area contributed by atoms with Gasteiger partial charge in [-0.3, -0.25) is 10.1 Å². The van der Waals surface area contributed by atoms with E-state index in [9.17, 15) is 20.2 Å². The molecule has 0 unspecified atom stereocenters. The molecule has 0 saturated heterocycles. The number of nitrogens with zero attached hydrogens (tertiary/aromatic N) is 2. The lowest BCUT2D eigenvalue weighted by molar-refractivity contribution is -0.384. The van der Waals surface area contributed by atoms with Crippen LogP contribution in [0.3, 0.4) is 0 Å². The number of nitro benzene ring substituents is 1. The van der Waals surface area contributed by atoms with Crippen LogP contribution in [0.25, 0.3) is 11.1 Å². The van der Waals surface area contributed by atoms with E-state index < -0.39 is 10.3 Å². The van der Waals surface area contributed by atoms with Crippen molar-refractivity contribution in [2.24, 2.45) is 0 Å². The molecule has 5 nitrogen and oxygen atoms in total. The summed E-state index contributed by atoms with van der Waals surface area (Å²) in [6.07, 6.45) is 0.956. The lowest BCUT2D eigenvalue weighted by Gasteiger charge is -2.19. The highest BCUT2D eigenvalue weighted by Crippen LogP contribution is 2.34. The minimum absolute atomic E-state index is 0.0502. The van der Waals surface area contributed by atoms with E-state index in [0.717, 1.165) is 17.4 Å². The molecule has 24 heavy (non-hydrogen) atoms. The molecule has 6 heteroatoms. The SMILES string of the molecule is CC(C)(C#N)c1ccc(CC=O)c(-c2ccc(Cl)c([N+](=O)[O-])c2)c1. The summed E-state index contributed by atoms with van der Waals surface area (Å²) in [5.41, 5.74) is 1.86. The standard InChI is InChI=1S/C18H15ClN2O3/c1-18(2,11-20)14-5-3-12(7-8-22)15(10-14)13-4-6-16(19)17(9-13)21(23)24/h3-6,8-10H,7H2,1-2H3. The number of aldehydes is 1. The maximum atomic E-state index is 11.1. The zero-order valence-corrected chi connectivity index (χ0v) is 14.0.